The van der Waals surface area contributed by atoms with Gasteiger partial charge < -0.3 is 18.7 Å². The number of benzene rings is 1. The summed E-state index contributed by atoms with van der Waals surface area (Å²) in [5.74, 6) is -1.23. The molecule has 15 heteroatoms. The molecule has 2 aliphatic rings. The van der Waals surface area contributed by atoms with Gasteiger partial charge in [-0.05, 0) is 38.8 Å². The number of aromatic amines is 1. The lowest BCUT2D eigenvalue weighted by atomic mass is 9.98. The van der Waals surface area contributed by atoms with Crippen LogP contribution >= 0.6 is 7.75 Å². The summed E-state index contributed by atoms with van der Waals surface area (Å²) in [5.41, 5.74) is -4.12. The predicted octanol–water partition coefficient (Wildman–Crippen LogP) is 2.76. The zero-order valence-electron chi connectivity index (χ0n) is 22.7. The summed E-state index contributed by atoms with van der Waals surface area (Å²) in [6.45, 7) is 2.01. The maximum absolute atomic E-state index is 16.4. The van der Waals surface area contributed by atoms with E-state index in [0.29, 0.717) is 25.7 Å². The quantitative estimate of drug-likeness (QED) is 0.395. The summed E-state index contributed by atoms with van der Waals surface area (Å²) >= 11 is 0. The summed E-state index contributed by atoms with van der Waals surface area (Å²) < 4.78 is 58.9. The number of esters is 2. The molecule has 0 aliphatic carbocycles. The third-order valence-corrected chi connectivity index (χ3v) is 8.29. The van der Waals surface area contributed by atoms with Crippen molar-refractivity contribution in [1.82, 2.24) is 14.6 Å². The van der Waals surface area contributed by atoms with Crippen LogP contribution in [0, 0.1) is 0 Å². The number of cyclic esters (lactones) is 1. The number of rotatable bonds is 3. The maximum atomic E-state index is 16.4. The van der Waals surface area contributed by atoms with Crippen molar-refractivity contribution < 1.29 is 41.8 Å². The predicted molar refractivity (Wildman–Crippen MR) is 142 cm³/mol. The van der Waals surface area contributed by atoms with Crippen LogP contribution in [-0.2, 0) is 32.9 Å². The average molecular weight is 598 g/mol. The molecule has 2 aromatic rings. The Kier molecular flexibility index (Phi) is 9.80. The SMILES string of the molecule is C[C@@H]1N[P@](=O)(Oc2ccccc2)OC[C@H]2O[C@@H](n3ccc(=O)[nH]c3=O)[C@](C)(F)[C@@H]2OC(=O)CCCCCCOC1=O. The molecule has 2 saturated heterocycles. The normalized spacial score (nSPS) is 32.3. The van der Waals surface area contributed by atoms with E-state index in [9.17, 15) is 23.7 Å². The van der Waals surface area contributed by atoms with E-state index in [4.69, 9.17) is 23.3 Å². The van der Waals surface area contributed by atoms with Gasteiger partial charge in [-0.15, -0.1) is 0 Å². The van der Waals surface area contributed by atoms with Crippen molar-refractivity contribution >= 4 is 19.7 Å². The lowest BCUT2D eigenvalue weighted by molar-refractivity contribution is -0.158. The standard InChI is InChI=1S/C26H33FN3O10P/c1-17-23(33)36-15-9-4-3-8-12-21(32)39-22-19(16-37-41(35,29-17)40-18-10-6-5-7-11-18)38-24(26(22,2)27)30-14-13-20(31)28-25(30)34/h5-7,10-11,13-14,17,19,22,24H,3-4,8-9,12,15-16H2,1-2H3,(H,29,35)(H,28,31,34)/t17-,19+,22+,24+,26+,41+/m0/s1. The van der Waals surface area contributed by atoms with E-state index in [1.807, 2.05) is 4.98 Å². The Morgan fingerprint density at radius 2 is 1.80 bits per heavy atom. The molecule has 0 bridgehead atoms. The second-order valence-corrected chi connectivity index (χ2v) is 11.7. The number of carbonyl (C=O) groups excluding carboxylic acids is 2. The van der Waals surface area contributed by atoms with Crippen molar-refractivity contribution in [1.29, 1.82) is 0 Å². The summed E-state index contributed by atoms with van der Waals surface area (Å²) in [5, 5.41) is 2.54. The van der Waals surface area contributed by atoms with E-state index < -0.39 is 67.7 Å². The molecular weight excluding hydrogens is 564 g/mol. The number of hydrogen-bond acceptors (Lipinski definition) is 10. The fourth-order valence-electron chi connectivity index (χ4n) is 4.54. The van der Waals surface area contributed by atoms with Crippen LogP contribution in [0.1, 0.15) is 52.2 Å². The molecule has 0 amide bonds. The minimum atomic E-state index is -4.36. The Labute approximate surface area is 234 Å². The molecule has 13 nitrogen and oxygen atoms in total. The van der Waals surface area contributed by atoms with Gasteiger partial charge in [-0.2, -0.15) is 5.09 Å². The van der Waals surface area contributed by atoms with Crippen molar-refractivity contribution in [3.8, 4) is 5.75 Å². The van der Waals surface area contributed by atoms with Gasteiger partial charge in [0.2, 0.25) is 0 Å². The summed E-state index contributed by atoms with van der Waals surface area (Å²) in [4.78, 5) is 51.3. The first kappa shape index (κ1) is 30.6. The number of nitrogens with zero attached hydrogens (tertiary/aromatic N) is 1. The number of para-hydroxylation sites is 1. The number of hydrogen-bond donors (Lipinski definition) is 2. The first-order valence-electron chi connectivity index (χ1n) is 13.3. The second-order valence-electron chi connectivity index (χ2n) is 9.99. The van der Waals surface area contributed by atoms with Crippen molar-refractivity contribution in [2.75, 3.05) is 13.2 Å². The number of halogens is 1. The minimum Gasteiger partial charge on any atom is -0.465 e. The van der Waals surface area contributed by atoms with Gasteiger partial charge in [0.1, 0.15) is 17.9 Å². The van der Waals surface area contributed by atoms with E-state index in [1.54, 1.807) is 18.2 Å². The number of H-pyrrole nitrogens is 1. The highest BCUT2D eigenvalue weighted by molar-refractivity contribution is 7.52. The molecule has 1 aromatic carbocycles. The van der Waals surface area contributed by atoms with Crippen molar-refractivity contribution in [2.24, 2.45) is 0 Å². The highest BCUT2D eigenvalue weighted by Crippen LogP contribution is 2.48. The van der Waals surface area contributed by atoms with E-state index in [2.05, 4.69) is 5.09 Å². The zero-order valence-corrected chi connectivity index (χ0v) is 23.5. The molecular formula is C26H33FN3O10P. The molecule has 0 spiro atoms. The fourth-order valence-corrected chi connectivity index (χ4v) is 6.04. The smallest absolute Gasteiger partial charge is 0.459 e. The Bertz CT molecular complexity index is 1380. The Morgan fingerprint density at radius 3 is 2.54 bits per heavy atom. The third-order valence-electron chi connectivity index (χ3n) is 6.65. The highest BCUT2D eigenvalue weighted by atomic mass is 31.2. The average Bonchev–Trinajstić information content (AvgIpc) is 3.16. The summed E-state index contributed by atoms with van der Waals surface area (Å²) in [7, 11) is -4.36. The van der Waals surface area contributed by atoms with Gasteiger partial charge in [-0.25, -0.2) is 13.8 Å². The van der Waals surface area contributed by atoms with E-state index in [-0.39, 0.29) is 18.8 Å². The Hall–Kier alpha value is -3.32. The monoisotopic (exact) mass is 597 g/mol. The van der Waals surface area contributed by atoms with Crippen LogP contribution < -0.4 is 20.9 Å². The number of fused-ring (bicyclic) bond motifs is 1. The van der Waals surface area contributed by atoms with E-state index in [0.717, 1.165) is 23.8 Å². The molecule has 0 unspecified atom stereocenters. The molecule has 41 heavy (non-hydrogen) atoms. The topological polar surface area (TPSA) is 164 Å². The largest absolute Gasteiger partial charge is 0.465 e. The van der Waals surface area contributed by atoms with Gasteiger partial charge in [0, 0.05) is 18.7 Å². The van der Waals surface area contributed by atoms with Crippen LogP contribution in [0.5, 0.6) is 5.75 Å². The molecule has 0 radical (unpaired) electrons. The molecule has 4 rings (SSSR count). The Balaban J connectivity index is 1.66. The molecule has 6 atom stereocenters. The fraction of sp³-hybridized carbons (Fsp3) is 0.538. The van der Waals surface area contributed by atoms with Gasteiger partial charge >= 0.3 is 25.4 Å². The Morgan fingerprint density at radius 1 is 1.07 bits per heavy atom. The van der Waals surface area contributed by atoms with Crippen molar-refractivity contribution in [3.05, 3.63) is 63.4 Å². The highest BCUT2D eigenvalue weighted by Gasteiger charge is 2.58. The van der Waals surface area contributed by atoms with Gasteiger partial charge in [0.15, 0.2) is 18.0 Å². The van der Waals surface area contributed by atoms with Gasteiger partial charge in [0.05, 0.1) is 13.2 Å². The van der Waals surface area contributed by atoms with Gasteiger partial charge in [-0.3, -0.25) is 28.5 Å². The molecule has 1 aromatic heterocycles. The zero-order chi connectivity index (χ0) is 29.6. The maximum Gasteiger partial charge on any atom is 0.459 e. The lowest BCUT2D eigenvalue weighted by Gasteiger charge is -2.28. The molecule has 2 fully saturated rings. The lowest BCUT2D eigenvalue weighted by Crippen LogP contribution is -2.46. The van der Waals surface area contributed by atoms with Gasteiger partial charge in [-0.1, -0.05) is 31.0 Å². The van der Waals surface area contributed by atoms with Crippen LogP contribution in [0.4, 0.5) is 4.39 Å². The number of aromatic nitrogens is 2. The molecule has 0 saturated carbocycles. The minimum absolute atomic E-state index is 0.0165. The third kappa shape index (κ3) is 7.70. The van der Waals surface area contributed by atoms with Crippen LogP contribution in [-0.4, -0.2) is 58.6 Å². The van der Waals surface area contributed by atoms with Crippen LogP contribution in [0.15, 0.2) is 52.2 Å². The number of ether oxygens (including phenoxy) is 3. The summed E-state index contributed by atoms with van der Waals surface area (Å²) in [6.07, 6.45) is -1.28. The molecule has 2 aliphatic heterocycles. The molecule has 3 heterocycles. The number of alkyl halides is 1. The van der Waals surface area contributed by atoms with Gasteiger partial charge in [0.25, 0.3) is 5.56 Å². The number of nitrogens with one attached hydrogen (secondary N) is 2. The van der Waals surface area contributed by atoms with Crippen molar-refractivity contribution in [2.45, 2.75) is 76.1 Å². The molecule has 224 valence electrons. The van der Waals surface area contributed by atoms with Crippen LogP contribution in [0.2, 0.25) is 0 Å². The van der Waals surface area contributed by atoms with E-state index in [1.165, 1.54) is 19.1 Å². The number of carbonyl (C=O) groups is 2. The molecule has 2 N–H and O–H groups in total. The summed E-state index contributed by atoms with van der Waals surface area (Å²) in [6, 6.07) is 7.92. The van der Waals surface area contributed by atoms with E-state index >= 15 is 4.39 Å². The first-order valence-corrected chi connectivity index (χ1v) is 14.8. The van der Waals surface area contributed by atoms with Crippen LogP contribution in [0.3, 0.4) is 0 Å². The van der Waals surface area contributed by atoms with Crippen LogP contribution in [0.25, 0.3) is 0 Å². The first-order chi connectivity index (χ1) is 19.5. The second kappa shape index (κ2) is 13.1. The van der Waals surface area contributed by atoms with Crippen molar-refractivity contribution in [3.63, 3.8) is 0 Å².